The van der Waals surface area contributed by atoms with E-state index in [0.29, 0.717) is 5.95 Å². The Balaban J connectivity index is 1.19. The summed E-state index contributed by atoms with van der Waals surface area (Å²) in [6.07, 6.45) is 0. The van der Waals surface area contributed by atoms with E-state index < -0.39 is 0 Å². The van der Waals surface area contributed by atoms with Gasteiger partial charge in [-0.05, 0) is 41.8 Å². The van der Waals surface area contributed by atoms with E-state index in [1.54, 1.807) is 0 Å². The number of rotatable bonds is 3. The van der Waals surface area contributed by atoms with Crippen molar-refractivity contribution < 1.29 is 0 Å². The third-order valence-electron chi connectivity index (χ3n) is 10.00. The Morgan fingerprint density at radius 3 is 1.96 bits per heavy atom. The van der Waals surface area contributed by atoms with Gasteiger partial charge in [-0.25, -0.2) is 15.0 Å². The van der Waals surface area contributed by atoms with Crippen LogP contribution in [0.4, 0.5) is 0 Å². The van der Waals surface area contributed by atoms with Crippen LogP contribution in [0.15, 0.2) is 158 Å². The summed E-state index contributed by atoms with van der Waals surface area (Å²) < 4.78 is 4.75. The molecule has 4 heterocycles. The lowest BCUT2D eigenvalue weighted by Gasteiger charge is -2.13. The molecule has 7 aromatic carbocycles. The average Bonchev–Trinajstić information content (AvgIpc) is 3.73. The van der Waals surface area contributed by atoms with Crippen LogP contribution in [-0.4, -0.2) is 19.5 Å². The maximum Gasteiger partial charge on any atom is 0.235 e. The normalized spacial score (nSPS) is 12.0. The number of fused-ring (bicyclic) bond motifs is 11. The second-order valence-electron chi connectivity index (χ2n) is 12.8. The number of nitrogens with zero attached hydrogens (tertiary/aromatic N) is 4. The van der Waals surface area contributed by atoms with Crippen molar-refractivity contribution in [3.8, 4) is 28.5 Å². The fourth-order valence-electron chi connectivity index (χ4n) is 7.76. The second-order valence-corrected chi connectivity index (χ2v) is 13.9. The van der Waals surface area contributed by atoms with Gasteiger partial charge in [0.15, 0.2) is 0 Å². The summed E-state index contributed by atoms with van der Waals surface area (Å²) in [7, 11) is 0. The van der Waals surface area contributed by atoms with Crippen LogP contribution >= 0.6 is 11.3 Å². The summed E-state index contributed by atoms with van der Waals surface area (Å²) in [4.78, 5) is 15.9. The van der Waals surface area contributed by atoms with Crippen LogP contribution in [-0.2, 0) is 0 Å². The lowest BCUT2D eigenvalue weighted by molar-refractivity contribution is 1.01. The van der Waals surface area contributed by atoms with Gasteiger partial charge < -0.3 is 0 Å². The molecule has 0 spiro atoms. The zero-order chi connectivity index (χ0) is 32.8. The van der Waals surface area contributed by atoms with Crippen molar-refractivity contribution in [1.82, 2.24) is 19.5 Å². The molecule has 11 aromatic rings. The molecule has 0 fully saturated rings. The van der Waals surface area contributed by atoms with E-state index >= 15 is 0 Å². The predicted molar refractivity (Wildman–Crippen MR) is 210 cm³/mol. The van der Waals surface area contributed by atoms with Crippen molar-refractivity contribution in [2.24, 2.45) is 0 Å². The predicted octanol–water partition coefficient (Wildman–Crippen LogP) is 12.1. The molecule has 0 radical (unpaired) electrons. The summed E-state index contributed by atoms with van der Waals surface area (Å²) in [6.45, 7) is 0. The van der Waals surface area contributed by atoms with Crippen molar-refractivity contribution in [3.63, 3.8) is 0 Å². The van der Waals surface area contributed by atoms with E-state index in [1.165, 1.54) is 30.9 Å². The topological polar surface area (TPSA) is 43.6 Å². The maximum absolute atomic E-state index is 5.53. The molecule has 0 unspecified atom stereocenters. The standard InChI is InChI=1S/C45H26N4S/c1-2-12-27(13-3-1)42-33-17-6-9-19-36(33)46-45(48-42)49-37-20-10-7-15-30(37)35-26-28(22-24-38(35)49)43-31-16-5-4-14-29(31)32-23-25-40-41(44(32)47-43)34-18-8-11-21-39(34)50-40/h1-26H. The van der Waals surface area contributed by atoms with E-state index in [9.17, 15) is 0 Å². The van der Waals surface area contributed by atoms with Crippen LogP contribution in [0.2, 0.25) is 0 Å². The Morgan fingerprint density at radius 2 is 1.08 bits per heavy atom. The Morgan fingerprint density at radius 1 is 0.400 bits per heavy atom. The van der Waals surface area contributed by atoms with Crippen LogP contribution in [0.3, 0.4) is 0 Å². The van der Waals surface area contributed by atoms with Gasteiger partial charge in [0.25, 0.3) is 0 Å². The smallest absolute Gasteiger partial charge is 0.235 e. The molecule has 0 aliphatic carbocycles. The Hall–Kier alpha value is -6.43. The monoisotopic (exact) mass is 654 g/mol. The quantitative estimate of drug-likeness (QED) is 0.178. The number of aromatic nitrogens is 4. The zero-order valence-corrected chi connectivity index (χ0v) is 27.5. The SMILES string of the molecule is c1ccc(-c2nc(-n3c4ccccc4c4cc(-c5nc6c(ccc7sc8ccccc8c76)c6ccccc56)ccc43)nc3ccccc23)cc1. The van der Waals surface area contributed by atoms with E-state index in [4.69, 9.17) is 15.0 Å². The zero-order valence-electron chi connectivity index (χ0n) is 26.7. The molecule has 50 heavy (non-hydrogen) atoms. The molecule has 0 bridgehead atoms. The highest BCUT2D eigenvalue weighted by Gasteiger charge is 2.20. The first-order chi connectivity index (χ1) is 24.8. The summed E-state index contributed by atoms with van der Waals surface area (Å²) in [5, 5.41) is 9.36. The van der Waals surface area contributed by atoms with Crippen LogP contribution in [0, 0.1) is 0 Å². The molecule has 0 atom stereocenters. The van der Waals surface area contributed by atoms with Gasteiger partial charge in [0.05, 0.1) is 33.5 Å². The van der Waals surface area contributed by atoms with Gasteiger partial charge in [-0.3, -0.25) is 4.57 Å². The summed E-state index contributed by atoms with van der Waals surface area (Å²) in [6, 6.07) is 55.8. The minimum atomic E-state index is 0.655. The van der Waals surface area contributed by atoms with Crippen molar-refractivity contribution in [2.75, 3.05) is 0 Å². The molecule has 232 valence electrons. The molecule has 4 aromatic heterocycles. The highest BCUT2D eigenvalue weighted by molar-refractivity contribution is 7.26. The molecule has 4 nitrogen and oxygen atoms in total. The minimum absolute atomic E-state index is 0.655. The summed E-state index contributed by atoms with van der Waals surface area (Å²) >= 11 is 1.83. The lowest BCUT2D eigenvalue weighted by atomic mass is 9.97. The molecule has 0 aliphatic heterocycles. The highest BCUT2D eigenvalue weighted by atomic mass is 32.1. The fourth-order valence-corrected chi connectivity index (χ4v) is 8.87. The maximum atomic E-state index is 5.53. The van der Waals surface area contributed by atoms with Crippen molar-refractivity contribution in [2.45, 2.75) is 0 Å². The minimum Gasteiger partial charge on any atom is -0.278 e. The molecule has 5 heteroatoms. The first-order valence-electron chi connectivity index (χ1n) is 16.8. The van der Waals surface area contributed by atoms with E-state index in [-0.39, 0.29) is 0 Å². The summed E-state index contributed by atoms with van der Waals surface area (Å²) in [5.41, 5.74) is 8.15. The molecule has 11 rings (SSSR count). The Labute approximate surface area is 290 Å². The van der Waals surface area contributed by atoms with E-state index in [0.717, 1.165) is 66.1 Å². The van der Waals surface area contributed by atoms with Crippen LogP contribution in [0.25, 0.3) is 103 Å². The second kappa shape index (κ2) is 10.5. The van der Waals surface area contributed by atoms with Gasteiger partial charge >= 0.3 is 0 Å². The van der Waals surface area contributed by atoms with Crippen molar-refractivity contribution in [3.05, 3.63) is 158 Å². The average molecular weight is 655 g/mol. The molecular weight excluding hydrogens is 629 g/mol. The highest BCUT2D eigenvalue weighted by Crippen LogP contribution is 2.42. The third kappa shape index (κ3) is 3.95. The van der Waals surface area contributed by atoms with Gasteiger partial charge in [0.2, 0.25) is 5.95 Å². The van der Waals surface area contributed by atoms with Crippen LogP contribution in [0.1, 0.15) is 0 Å². The van der Waals surface area contributed by atoms with Gasteiger partial charge in [0, 0.05) is 58.2 Å². The number of pyridine rings is 1. The number of para-hydroxylation sites is 2. The van der Waals surface area contributed by atoms with E-state index in [2.05, 4.69) is 150 Å². The molecule has 0 saturated heterocycles. The molecular formula is C45H26N4S. The third-order valence-corrected chi connectivity index (χ3v) is 11.1. The number of thiophene rings is 1. The van der Waals surface area contributed by atoms with Gasteiger partial charge in [-0.1, -0.05) is 121 Å². The summed E-state index contributed by atoms with van der Waals surface area (Å²) in [5.74, 6) is 0.655. The Kier molecular flexibility index (Phi) is 5.80. The number of hydrogen-bond acceptors (Lipinski definition) is 4. The van der Waals surface area contributed by atoms with Gasteiger partial charge in [0.1, 0.15) is 0 Å². The molecule has 0 amide bonds. The largest absolute Gasteiger partial charge is 0.278 e. The van der Waals surface area contributed by atoms with Gasteiger partial charge in [-0.15, -0.1) is 11.3 Å². The fraction of sp³-hybridized carbons (Fsp3) is 0. The first kappa shape index (κ1) is 27.5. The lowest BCUT2D eigenvalue weighted by Crippen LogP contribution is -2.03. The van der Waals surface area contributed by atoms with Gasteiger partial charge in [-0.2, -0.15) is 0 Å². The number of benzene rings is 7. The van der Waals surface area contributed by atoms with Crippen molar-refractivity contribution in [1.29, 1.82) is 0 Å². The Bertz CT molecular complexity index is 3160. The molecule has 0 aliphatic rings. The van der Waals surface area contributed by atoms with Crippen LogP contribution < -0.4 is 0 Å². The van der Waals surface area contributed by atoms with Crippen molar-refractivity contribution >= 4 is 85.9 Å². The molecule has 0 saturated carbocycles. The van der Waals surface area contributed by atoms with E-state index in [1.807, 2.05) is 23.5 Å². The first-order valence-corrected chi connectivity index (χ1v) is 17.6. The number of hydrogen-bond donors (Lipinski definition) is 0. The van der Waals surface area contributed by atoms with Crippen LogP contribution in [0.5, 0.6) is 0 Å². The molecule has 0 N–H and O–H groups in total.